The Morgan fingerprint density at radius 1 is 0.739 bits per heavy atom. The second kappa shape index (κ2) is 4.50. The third kappa shape index (κ3) is 1.74. The Morgan fingerprint density at radius 2 is 1.35 bits per heavy atom. The van der Waals surface area contributed by atoms with Crippen molar-refractivity contribution >= 4 is 56.4 Å². The summed E-state index contributed by atoms with van der Waals surface area (Å²) in [5.41, 5.74) is 2.11. The van der Waals surface area contributed by atoms with Crippen LogP contribution in [0.15, 0.2) is 72.3 Å². The van der Waals surface area contributed by atoms with Crippen LogP contribution in [0.2, 0.25) is 0 Å². The van der Waals surface area contributed by atoms with Gasteiger partial charge in [-0.3, -0.25) is 0 Å². The van der Waals surface area contributed by atoms with Gasteiger partial charge in [0.05, 0.1) is 0 Å². The quantitative estimate of drug-likeness (QED) is 0.416. The first-order valence-electron chi connectivity index (χ1n) is 7.60. The van der Waals surface area contributed by atoms with Gasteiger partial charge in [0.15, 0.2) is 4.33 Å². The zero-order valence-electron chi connectivity index (χ0n) is 12.2. The van der Waals surface area contributed by atoms with Crippen LogP contribution in [0.5, 0.6) is 0 Å². The van der Waals surface area contributed by atoms with E-state index >= 15 is 0 Å². The van der Waals surface area contributed by atoms with Crippen LogP contribution in [-0.4, -0.2) is 4.33 Å². The van der Waals surface area contributed by atoms with E-state index in [1.54, 1.807) is 0 Å². The maximum absolute atomic E-state index is 6.63. The minimum Gasteiger partial charge on any atom is -0.0915 e. The fourth-order valence-electron chi connectivity index (χ4n) is 3.81. The predicted octanol–water partition coefficient (Wildman–Crippen LogP) is 4.61. The van der Waals surface area contributed by atoms with Gasteiger partial charge in [-0.2, -0.15) is 0 Å². The molecule has 5 rings (SSSR count). The average Bonchev–Trinajstić information content (AvgIpc) is 2.96. The molecule has 23 heavy (non-hydrogen) atoms. The first-order chi connectivity index (χ1) is 11.2. The molecule has 0 bridgehead atoms. The van der Waals surface area contributed by atoms with Crippen molar-refractivity contribution in [3.8, 4) is 0 Å². The van der Waals surface area contributed by atoms with E-state index in [1.165, 1.54) is 32.0 Å². The van der Waals surface area contributed by atoms with Crippen LogP contribution in [0.25, 0.3) is 33.2 Å². The lowest BCUT2D eigenvalue weighted by molar-refractivity contribution is 1.27. The van der Waals surface area contributed by atoms with Crippen LogP contribution in [-0.2, 0) is 0 Å². The highest BCUT2D eigenvalue weighted by Gasteiger charge is 2.33. The van der Waals surface area contributed by atoms with Gasteiger partial charge in [0.1, 0.15) is 0 Å². The van der Waals surface area contributed by atoms with E-state index in [0.717, 1.165) is 11.1 Å². The van der Waals surface area contributed by atoms with Crippen molar-refractivity contribution < 1.29 is 0 Å². The summed E-state index contributed by atoms with van der Waals surface area (Å²) in [5.74, 6) is 0. The number of halogens is 2. The van der Waals surface area contributed by atoms with Gasteiger partial charge in [-0.05, 0) is 49.7 Å². The number of fused-ring (bicyclic) bond motifs is 7. The molecule has 0 radical (unpaired) electrons. The summed E-state index contributed by atoms with van der Waals surface area (Å²) in [6.07, 6.45) is 8.08. The molecule has 0 spiro atoms. The molecule has 3 aromatic rings. The van der Waals surface area contributed by atoms with Crippen molar-refractivity contribution in [2.75, 3.05) is 0 Å². The van der Waals surface area contributed by atoms with Crippen LogP contribution < -0.4 is 10.4 Å². The largest absolute Gasteiger partial charge is 0.162 e. The van der Waals surface area contributed by atoms with Crippen molar-refractivity contribution in [3.05, 3.63) is 82.8 Å². The molecule has 2 heteroatoms. The normalized spacial score (nSPS) is 17.8. The molecular formula is C21H12Cl2. The number of alkyl halides is 2. The summed E-state index contributed by atoms with van der Waals surface area (Å²) in [7, 11) is 0. The van der Waals surface area contributed by atoms with Gasteiger partial charge >= 0.3 is 0 Å². The fraction of sp³-hybridized carbons (Fsp3) is 0.0476. The minimum absolute atomic E-state index is 0.989. The van der Waals surface area contributed by atoms with Crippen molar-refractivity contribution in [1.29, 1.82) is 0 Å². The molecule has 0 N–H and O–H groups in total. The van der Waals surface area contributed by atoms with Crippen molar-refractivity contribution in [2.45, 2.75) is 4.33 Å². The number of hydrogen-bond donors (Lipinski definition) is 0. The van der Waals surface area contributed by atoms with Crippen LogP contribution in [0, 0.1) is 0 Å². The fourth-order valence-corrected chi connectivity index (χ4v) is 4.36. The summed E-state index contributed by atoms with van der Waals surface area (Å²) in [4.78, 5) is 0. The zero-order chi connectivity index (χ0) is 15.6. The Morgan fingerprint density at radius 3 is 2.09 bits per heavy atom. The van der Waals surface area contributed by atoms with Gasteiger partial charge in [-0.25, -0.2) is 0 Å². The van der Waals surface area contributed by atoms with E-state index in [9.17, 15) is 0 Å². The maximum Gasteiger partial charge on any atom is 0.162 e. The molecular weight excluding hydrogens is 323 g/mol. The van der Waals surface area contributed by atoms with Gasteiger partial charge in [0.2, 0.25) is 0 Å². The number of hydrogen-bond acceptors (Lipinski definition) is 0. The van der Waals surface area contributed by atoms with Crippen LogP contribution in [0.3, 0.4) is 0 Å². The summed E-state index contributed by atoms with van der Waals surface area (Å²) in [5, 5.41) is 7.34. The standard InChI is InChI=1S/C21H12Cl2/c22-21(23)11-5-6-13-12-18-16-9-2-1-7-14(16)15-8-3-4-10-17(15)19(18)20(13)21/h1-12H. The van der Waals surface area contributed by atoms with E-state index in [4.69, 9.17) is 23.2 Å². The summed E-state index contributed by atoms with van der Waals surface area (Å²) < 4.78 is -0.989. The van der Waals surface area contributed by atoms with Gasteiger partial charge in [0.25, 0.3) is 0 Å². The molecule has 0 heterocycles. The molecule has 0 fully saturated rings. The number of allylic oxidation sites excluding steroid dienone is 4. The van der Waals surface area contributed by atoms with E-state index < -0.39 is 4.33 Å². The SMILES string of the molecule is ClC1(Cl)C=CC=C2C=c3c(c4ccccc4c4ccccc34)=C21. The van der Waals surface area contributed by atoms with Crippen molar-refractivity contribution in [1.82, 2.24) is 0 Å². The third-order valence-electron chi connectivity index (χ3n) is 4.73. The molecule has 2 aliphatic carbocycles. The molecule has 0 nitrogen and oxygen atoms in total. The molecule has 0 saturated carbocycles. The second-order valence-corrected chi connectivity index (χ2v) is 7.39. The third-order valence-corrected chi connectivity index (χ3v) is 5.36. The monoisotopic (exact) mass is 334 g/mol. The summed E-state index contributed by atoms with van der Waals surface area (Å²) in [6.45, 7) is 0. The molecule has 110 valence electrons. The van der Waals surface area contributed by atoms with Crippen LogP contribution in [0.1, 0.15) is 0 Å². The van der Waals surface area contributed by atoms with E-state index in [1.807, 2.05) is 12.2 Å². The van der Waals surface area contributed by atoms with Crippen LogP contribution in [0.4, 0.5) is 0 Å². The van der Waals surface area contributed by atoms with Gasteiger partial charge < -0.3 is 0 Å². The van der Waals surface area contributed by atoms with Gasteiger partial charge in [0, 0.05) is 5.57 Å². The lowest BCUT2D eigenvalue weighted by Crippen LogP contribution is -2.30. The molecule has 3 aromatic carbocycles. The van der Waals surface area contributed by atoms with Gasteiger partial charge in [-0.15, -0.1) is 0 Å². The Hall–Kier alpha value is -2.02. The smallest absolute Gasteiger partial charge is 0.0915 e. The molecule has 0 aliphatic heterocycles. The van der Waals surface area contributed by atoms with E-state index in [-0.39, 0.29) is 0 Å². The van der Waals surface area contributed by atoms with Crippen molar-refractivity contribution in [2.24, 2.45) is 0 Å². The highest BCUT2D eigenvalue weighted by Crippen LogP contribution is 2.41. The van der Waals surface area contributed by atoms with Crippen molar-refractivity contribution in [3.63, 3.8) is 0 Å². The van der Waals surface area contributed by atoms with Gasteiger partial charge in [-0.1, -0.05) is 83.9 Å². The topological polar surface area (TPSA) is 0 Å². The zero-order valence-corrected chi connectivity index (χ0v) is 13.7. The number of rotatable bonds is 0. The summed E-state index contributed by atoms with van der Waals surface area (Å²) in [6, 6.07) is 17.0. The Kier molecular flexibility index (Phi) is 2.63. The first kappa shape index (κ1) is 13.4. The van der Waals surface area contributed by atoms with Crippen LogP contribution >= 0.6 is 23.2 Å². The summed E-state index contributed by atoms with van der Waals surface area (Å²) >= 11 is 13.3. The predicted molar refractivity (Wildman–Crippen MR) is 100 cm³/mol. The lowest BCUT2D eigenvalue weighted by Gasteiger charge is -2.22. The lowest BCUT2D eigenvalue weighted by atomic mass is 9.95. The molecule has 0 saturated heterocycles. The Bertz CT molecular complexity index is 1180. The average molecular weight is 335 g/mol. The molecule has 0 unspecified atom stereocenters. The highest BCUT2D eigenvalue weighted by molar-refractivity contribution is 6.56. The van der Waals surface area contributed by atoms with E-state index in [2.05, 4.69) is 60.7 Å². The maximum atomic E-state index is 6.63. The Labute approximate surface area is 143 Å². The molecule has 0 aromatic heterocycles. The van der Waals surface area contributed by atoms with E-state index in [0.29, 0.717) is 0 Å². The molecule has 0 atom stereocenters. The second-order valence-electron chi connectivity index (χ2n) is 6.00. The number of benzene rings is 3. The minimum atomic E-state index is -0.989. The highest BCUT2D eigenvalue weighted by atomic mass is 35.5. The Balaban J connectivity index is 2.19. The molecule has 0 amide bonds. The molecule has 2 aliphatic rings. The first-order valence-corrected chi connectivity index (χ1v) is 8.36.